The van der Waals surface area contributed by atoms with E-state index in [9.17, 15) is 0 Å². The molecule has 0 aliphatic heterocycles. The number of thiazole rings is 1. The molecule has 3 rings (SSSR count). The highest BCUT2D eigenvalue weighted by molar-refractivity contribution is 7.11. The van der Waals surface area contributed by atoms with Crippen LogP contribution in [0.2, 0.25) is 5.02 Å². The maximum absolute atomic E-state index is 6.29. The van der Waals surface area contributed by atoms with Crippen molar-refractivity contribution < 1.29 is 0 Å². The minimum atomic E-state index is -0.153. The molecule has 1 atom stereocenters. The fourth-order valence-electron chi connectivity index (χ4n) is 2.35. The lowest BCUT2D eigenvalue weighted by Gasteiger charge is -2.08. The lowest BCUT2D eigenvalue weighted by molar-refractivity contribution is 0.678. The number of aryl methyl sites for hydroxylation is 2. The Labute approximate surface area is 116 Å². The molecule has 1 aliphatic carbocycles. The monoisotopic (exact) mass is 278 g/mol. The van der Waals surface area contributed by atoms with Crippen LogP contribution in [0.15, 0.2) is 24.3 Å². The molecule has 1 heterocycles. The van der Waals surface area contributed by atoms with Crippen molar-refractivity contribution in [3.8, 4) is 0 Å². The van der Waals surface area contributed by atoms with Crippen LogP contribution in [0.1, 0.15) is 40.0 Å². The van der Waals surface area contributed by atoms with Gasteiger partial charge in [-0.1, -0.05) is 23.7 Å². The maximum atomic E-state index is 6.29. The predicted molar refractivity (Wildman–Crippen MR) is 76.2 cm³/mol. The molecule has 1 aliphatic rings. The van der Waals surface area contributed by atoms with E-state index in [1.807, 2.05) is 24.3 Å². The molecule has 1 aromatic carbocycles. The van der Waals surface area contributed by atoms with E-state index in [0.717, 1.165) is 28.4 Å². The Morgan fingerprint density at radius 3 is 2.89 bits per heavy atom. The van der Waals surface area contributed by atoms with Gasteiger partial charge in [0, 0.05) is 9.90 Å². The highest BCUT2D eigenvalue weighted by Gasteiger charge is 2.19. The largest absolute Gasteiger partial charge is 0.318 e. The Balaban J connectivity index is 1.92. The molecule has 0 radical (unpaired) electrons. The Hall–Kier alpha value is -0.900. The Bertz CT molecular complexity index is 541. The SMILES string of the molecule is NC(c1cccc(Cl)c1)c1nc2c(s1)CCCC2. The van der Waals surface area contributed by atoms with Gasteiger partial charge in [0.05, 0.1) is 11.7 Å². The molecule has 2 nitrogen and oxygen atoms in total. The van der Waals surface area contributed by atoms with Gasteiger partial charge in [-0.3, -0.25) is 0 Å². The third kappa shape index (κ3) is 2.30. The van der Waals surface area contributed by atoms with Gasteiger partial charge >= 0.3 is 0 Å². The summed E-state index contributed by atoms with van der Waals surface area (Å²) >= 11 is 7.77. The van der Waals surface area contributed by atoms with Gasteiger partial charge in [0.1, 0.15) is 5.01 Å². The second-order valence-corrected chi connectivity index (χ2v) is 6.21. The summed E-state index contributed by atoms with van der Waals surface area (Å²) in [4.78, 5) is 6.13. The number of nitrogens with two attached hydrogens (primary N) is 1. The predicted octanol–water partition coefficient (Wildman–Crippen LogP) is 3.72. The highest BCUT2D eigenvalue weighted by atomic mass is 35.5. The van der Waals surface area contributed by atoms with E-state index in [1.165, 1.54) is 23.4 Å². The summed E-state index contributed by atoms with van der Waals surface area (Å²) in [5.74, 6) is 0. The number of hydrogen-bond donors (Lipinski definition) is 1. The molecule has 18 heavy (non-hydrogen) atoms. The summed E-state index contributed by atoms with van der Waals surface area (Å²) in [6.45, 7) is 0. The molecule has 0 saturated heterocycles. The zero-order chi connectivity index (χ0) is 12.5. The van der Waals surface area contributed by atoms with Crippen LogP contribution < -0.4 is 5.73 Å². The second-order valence-electron chi connectivity index (χ2n) is 4.66. The minimum Gasteiger partial charge on any atom is -0.318 e. The zero-order valence-electron chi connectivity index (χ0n) is 10.0. The average Bonchev–Trinajstić information content (AvgIpc) is 2.81. The van der Waals surface area contributed by atoms with E-state index >= 15 is 0 Å². The van der Waals surface area contributed by atoms with E-state index < -0.39 is 0 Å². The van der Waals surface area contributed by atoms with Crippen molar-refractivity contribution in [2.24, 2.45) is 5.73 Å². The number of nitrogens with zero attached hydrogens (tertiary/aromatic N) is 1. The van der Waals surface area contributed by atoms with Crippen LogP contribution in [0.25, 0.3) is 0 Å². The first-order valence-corrected chi connectivity index (χ1v) is 7.43. The van der Waals surface area contributed by atoms with Crippen LogP contribution in [0.3, 0.4) is 0 Å². The van der Waals surface area contributed by atoms with Crippen LogP contribution in [-0.2, 0) is 12.8 Å². The van der Waals surface area contributed by atoms with Crippen molar-refractivity contribution >= 4 is 22.9 Å². The van der Waals surface area contributed by atoms with E-state index in [1.54, 1.807) is 11.3 Å². The zero-order valence-corrected chi connectivity index (χ0v) is 11.6. The second kappa shape index (κ2) is 5.00. The summed E-state index contributed by atoms with van der Waals surface area (Å²) in [6, 6.07) is 7.58. The van der Waals surface area contributed by atoms with Crippen LogP contribution in [0, 0.1) is 0 Å². The summed E-state index contributed by atoms with van der Waals surface area (Å²) in [5.41, 5.74) is 8.58. The Morgan fingerprint density at radius 1 is 1.28 bits per heavy atom. The fraction of sp³-hybridized carbons (Fsp3) is 0.357. The molecule has 0 fully saturated rings. The molecule has 94 valence electrons. The lowest BCUT2D eigenvalue weighted by Crippen LogP contribution is -2.11. The van der Waals surface area contributed by atoms with Gasteiger partial charge in [0.25, 0.3) is 0 Å². The molecular weight excluding hydrogens is 264 g/mol. The number of hydrogen-bond acceptors (Lipinski definition) is 3. The normalized spacial score (nSPS) is 16.3. The highest BCUT2D eigenvalue weighted by Crippen LogP contribution is 2.31. The van der Waals surface area contributed by atoms with Gasteiger partial charge in [-0.25, -0.2) is 4.98 Å². The number of rotatable bonds is 2. The molecule has 2 N–H and O–H groups in total. The number of benzene rings is 1. The molecule has 1 unspecified atom stereocenters. The van der Waals surface area contributed by atoms with Gasteiger partial charge in [-0.05, 0) is 43.4 Å². The molecular formula is C14H15ClN2S. The van der Waals surface area contributed by atoms with Gasteiger partial charge in [0.15, 0.2) is 0 Å². The maximum Gasteiger partial charge on any atom is 0.114 e. The molecule has 4 heteroatoms. The average molecular weight is 279 g/mol. The first-order chi connectivity index (χ1) is 8.74. The van der Waals surface area contributed by atoms with Gasteiger partial charge < -0.3 is 5.73 Å². The minimum absolute atomic E-state index is 0.153. The van der Waals surface area contributed by atoms with Crippen LogP contribution >= 0.6 is 22.9 Å². The van der Waals surface area contributed by atoms with Crippen molar-refractivity contribution in [3.05, 3.63) is 50.4 Å². The fourth-order valence-corrected chi connectivity index (χ4v) is 3.73. The van der Waals surface area contributed by atoms with Gasteiger partial charge in [-0.2, -0.15) is 0 Å². The topological polar surface area (TPSA) is 38.9 Å². The molecule has 0 amide bonds. The first kappa shape index (κ1) is 12.2. The molecule has 1 aromatic heterocycles. The summed E-state index contributed by atoms with van der Waals surface area (Å²) in [6.07, 6.45) is 4.80. The van der Waals surface area contributed by atoms with Gasteiger partial charge in [-0.15, -0.1) is 11.3 Å². The third-order valence-electron chi connectivity index (χ3n) is 3.34. The summed E-state index contributed by atoms with van der Waals surface area (Å²) in [5, 5.41) is 1.74. The van der Waals surface area contributed by atoms with Crippen molar-refractivity contribution in [1.82, 2.24) is 4.98 Å². The van der Waals surface area contributed by atoms with E-state index in [0.29, 0.717) is 0 Å². The number of halogens is 1. The summed E-state index contributed by atoms with van der Waals surface area (Å²) in [7, 11) is 0. The van der Waals surface area contributed by atoms with Crippen LogP contribution in [0.4, 0.5) is 0 Å². The van der Waals surface area contributed by atoms with Crippen molar-refractivity contribution in [3.63, 3.8) is 0 Å². The van der Waals surface area contributed by atoms with Crippen LogP contribution in [-0.4, -0.2) is 4.98 Å². The number of aromatic nitrogens is 1. The lowest BCUT2D eigenvalue weighted by atomic mass is 10.0. The molecule has 0 bridgehead atoms. The standard InChI is InChI=1S/C14H15ClN2S/c15-10-5-3-4-9(8-10)13(16)14-17-11-6-1-2-7-12(11)18-14/h3-5,8,13H,1-2,6-7,16H2. The van der Waals surface area contributed by atoms with E-state index in [2.05, 4.69) is 0 Å². The first-order valence-electron chi connectivity index (χ1n) is 6.23. The van der Waals surface area contributed by atoms with E-state index in [-0.39, 0.29) is 6.04 Å². The van der Waals surface area contributed by atoms with Gasteiger partial charge in [0.2, 0.25) is 0 Å². The third-order valence-corrected chi connectivity index (χ3v) is 4.81. The Morgan fingerprint density at radius 2 is 2.11 bits per heavy atom. The molecule has 0 spiro atoms. The van der Waals surface area contributed by atoms with Crippen LogP contribution in [0.5, 0.6) is 0 Å². The summed E-state index contributed by atoms with van der Waals surface area (Å²) < 4.78 is 0. The van der Waals surface area contributed by atoms with E-state index in [4.69, 9.17) is 22.3 Å². The molecule has 0 saturated carbocycles. The smallest absolute Gasteiger partial charge is 0.114 e. The van der Waals surface area contributed by atoms with Crippen molar-refractivity contribution in [2.45, 2.75) is 31.7 Å². The van der Waals surface area contributed by atoms with Crippen molar-refractivity contribution in [1.29, 1.82) is 0 Å². The molecule has 2 aromatic rings. The number of fused-ring (bicyclic) bond motifs is 1. The van der Waals surface area contributed by atoms with Crippen molar-refractivity contribution in [2.75, 3.05) is 0 Å². The Kier molecular flexibility index (Phi) is 3.37. The quantitative estimate of drug-likeness (QED) is 0.909.